The highest BCUT2D eigenvalue weighted by Gasteiger charge is 2.27. The summed E-state index contributed by atoms with van der Waals surface area (Å²) in [5.74, 6) is 2.01. The molecule has 9 heteroatoms. The zero-order valence-electron chi connectivity index (χ0n) is 16.9. The van der Waals surface area contributed by atoms with Crippen LogP contribution in [0.5, 0.6) is 11.5 Å². The summed E-state index contributed by atoms with van der Waals surface area (Å²) in [7, 11) is 0. The summed E-state index contributed by atoms with van der Waals surface area (Å²) in [5, 5.41) is 3.88. The van der Waals surface area contributed by atoms with E-state index in [1.807, 2.05) is 26.0 Å². The smallest absolute Gasteiger partial charge is 0.309 e. The minimum absolute atomic E-state index is 0. The highest BCUT2D eigenvalue weighted by molar-refractivity contribution is 14.0. The van der Waals surface area contributed by atoms with Crippen molar-refractivity contribution >= 4 is 47.5 Å². The molecule has 0 spiro atoms. The van der Waals surface area contributed by atoms with Crippen LogP contribution in [0.2, 0.25) is 5.02 Å². The summed E-state index contributed by atoms with van der Waals surface area (Å²) in [6.07, 6.45) is 1.55. The first kappa shape index (κ1) is 23.9. The minimum atomic E-state index is -0.0880. The van der Waals surface area contributed by atoms with E-state index in [2.05, 4.69) is 10.2 Å². The van der Waals surface area contributed by atoms with E-state index in [4.69, 9.17) is 30.8 Å². The van der Waals surface area contributed by atoms with Gasteiger partial charge in [-0.2, -0.15) is 0 Å². The van der Waals surface area contributed by atoms with E-state index in [0.29, 0.717) is 42.9 Å². The number of carbonyl (C=O) groups excluding carboxylic acids is 1. The van der Waals surface area contributed by atoms with Crippen molar-refractivity contribution in [1.82, 2.24) is 10.2 Å². The second-order valence-electron chi connectivity index (χ2n) is 6.79. The van der Waals surface area contributed by atoms with Crippen LogP contribution in [0, 0.1) is 5.92 Å². The van der Waals surface area contributed by atoms with Gasteiger partial charge in [0.2, 0.25) is 0 Å². The van der Waals surface area contributed by atoms with Crippen molar-refractivity contribution in [2.45, 2.75) is 33.2 Å². The zero-order chi connectivity index (χ0) is 19.9. The van der Waals surface area contributed by atoms with Crippen LogP contribution >= 0.6 is 35.6 Å². The van der Waals surface area contributed by atoms with Crippen LogP contribution in [0.1, 0.15) is 32.3 Å². The van der Waals surface area contributed by atoms with Crippen LogP contribution in [0.4, 0.5) is 0 Å². The molecule has 0 saturated carbocycles. The van der Waals surface area contributed by atoms with E-state index in [1.54, 1.807) is 0 Å². The Labute approximate surface area is 194 Å². The molecule has 2 heterocycles. The number of piperidine rings is 1. The Morgan fingerprint density at radius 1 is 1.28 bits per heavy atom. The van der Waals surface area contributed by atoms with E-state index < -0.39 is 0 Å². The van der Waals surface area contributed by atoms with Crippen molar-refractivity contribution in [3.8, 4) is 11.5 Å². The molecule has 2 aliphatic heterocycles. The average Bonchev–Trinajstić information content (AvgIpc) is 2.71. The van der Waals surface area contributed by atoms with Gasteiger partial charge in [-0.3, -0.25) is 4.79 Å². The van der Waals surface area contributed by atoms with Gasteiger partial charge in [0.15, 0.2) is 17.5 Å². The van der Waals surface area contributed by atoms with Gasteiger partial charge in [-0.1, -0.05) is 11.6 Å². The molecule has 0 aromatic heterocycles. The molecule has 0 bridgehead atoms. The van der Waals surface area contributed by atoms with Crippen molar-refractivity contribution in [3.63, 3.8) is 0 Å². The zero-order valence-corrected chi connectivity index (χ0v) is 20.0. The van der Waals surface area contributed by atoms with E-state index in [-0.39, 0.29) is 35.9 Å². The molecule has 0 amide bonds. The summed E-state index contributed by atoms with van der Waals surface area (Å²) in [6, 6.07) is 3.80. The lowest BCUT2D eigenvalue weighted by molar-refractivity contribution is -0.149. The number of aliphatic imine (C=N–C) groups is 1. The van der Waals surface area contributed by atoms with Crippen molar-refractivity contribution in [2.24, 2.45) is 10.9 Å². The molecular formula is C20H29ClIN3O4. The van der Waals surface area contributed by atoms with E-state index in [0.717, 1.165) is 44.0 Å². The molecule has 1 N–H and O–H groups in total. The number of hydrogen-bond donors (Lipinski definition) is 1. The van der Waals surface area contributed by atoms with Crippen molar-refractivity contribution < 1.29 is 19.0 Å². The van der Waals surface area contributed by atoms with Gasteiger partial charge in [-0.25, -0.2) is 4.99 Å². The predicted octanol–water partition coefficient (Wildman–Crippen LogP) is 3.47. The first-order chi connectivity index (χ1) is 13.6. The Bertz CT molecular complexity index is 724. The molecule has 0 aliphatic carbocycles. The highest BCUT2D eigenvalue weighted by atomic mass is 127. The Balaban J connectivity index is 0.00000300. The predicted molar refractivity (Wildman–Crippen MR) is 124 cm³/mol. The van der Waals surface area contributed by atoms with Crippen LogP contribution in [-0.4, -0.2) is 56.3 Å². The summed E-state index contributed by atoms with van der Waals surface area (Å²) in [5.41, 5.74) is 0.964. The summed E-state index contributed by atoms with van der Waals surface area (Å²) < 4.78 is 16.4. The first-order valence-corrected chi connectivity index (χ1v) is 10.3. The number of hydrogen-bond acceptors (Lipinski definition) is 5. The molecule has 3 rings (SSSR count). The number of likely N-dealkylation sites (tertiary alicyclic amines) is 1. The van der Waals surface area contributed by atoms with Gasteiger partial charge in [0.25, 0.3) is 0 Å². The van der Waals surface area contributed by atoms with Crippen molar-refractivity contribution in [1.29, 1.82) is 0 Å². The number of fused-ring (bicyclic) bond motifs is 1. The molecule has 0 radical (unpaired) electrons. The Morgan fingerprint density at radius 2 is 2.00 bits per heavy atom. The number of carbonyl (C=O) groups is 1. The van der Waals surface area contributed by atoms with Gasteiger partial charge in [0.1, 0.15) is 13.2 Å². The fourth-order valence-corrected chi connectivity index (χ4v) is 3.72. The Kier molecular flexibility index (Phi) is 9.61. The lowest BCUT2D eigenvalue weighted by Gasteiger charge is -2.33. The molecule has 2 aliphatic rings. The molecule has 1 aromatic rings. The number of benzene rings is 1. The normalized spacial score (nSPS) is 16.8. The number of ether oxygens (including phenoxy) is 3. The monoisotopic (exact) mass is 537 g/mol. The fourth-order valence-electron chi connectivity index (χ4n) is 3.43. The largest absolute Gasteiger partial charge is 0.486 e. The number of halogens is 2. The number of guanidine groups is 1. The molecule has 1 saturated heterocycles. The maximum atomic E-state index is 11.9. The fraction of sp³-hybridized carbons (Fsp3) is 0.600. The molecule has 0 unspecified atom stereocenters. The number of esters is 1. The number of nitrogens with zero attached hydrogens (tertiary/aromatic N) is 2. The van der Waals surface area contributed by atoms with Crippen molar-refractivity contribution in [3.05, 3.63) is 22.7 Å². The lowest BCUT2D eigenvalue weighted by atomic mass is 9.97. The van der Waals surface area contributed by atoms with Crippen LogP contribution in [0.3, 0.4) is 0 Å². The Hall–Kier alpha value is -1.42. The highest BCUT2D eigenvalue weighted by Crippen LogP contribution is 2.38. The van der Waals surface area contributed by atoms with Gasteiger partial charge in [-0.15, -0.1) is 24.0 Å². The van der Waals surface area contributed by atoms with Crippen molar-refractivity contribution in [2.75, 3.05) is 39.5 Å². The van der Waals surface area contributed by atoms with Crippen LogP contribution in [0.15, 0.2) is 17.1 Å². The number of rotatable bonds is 5. The van der Waals surface area contributed by atoms with Gasteiger partial charge >= 0.3 is 5.97 Å². The molecular weight excluding hydrogens is 509 g/mol. The molecule has 1 aromatic carbocycles. The number of nitrogens with one attached hydrogen (secondary N) is 1. The van der Waals surface area contributed by atoms with E-state index in [1.165, 1.54) is 0 Å². The quantitative estimate of drug-likeness (QED) is 0.268. The van der Waals surface area contributed by atoms with Gasteiger partial charge in [0.05, 0.1) is 24.1 Å². The maximum absolute atomic E-state index is 11.9. The van der Waals surface area contributed by atoms with Crippen LogP contribution in [0.25, 0.3) is 0 Å². The van der Waals surface area contributed by atoms with Crippen LogP contribution < -0.4 is 14.8 Å². The minimum Gasteiger partial charge on any atom is -0.486 e. The van der Waals surface area contributed by atoms with E-state index >= 15 is 0 Å². The summed E-state index contributed by atoms with van der Waals surface area (Å²) in [4.78, 5) is 18.9. The molecule has 1 fully saturated rings. The third-order valence-electron chi connectivity index (χ3n) is 4.82. The van der Waals surface area contributed by atoms with E-state index in [9.17, 15) is 4.79 Å². The molecule has 7 nitrogen and oxygen atoms in total. The van der Waals surface area contributed by atoms with Crippen LogP contribution in [-0.2, 0) is 16.1 Å². The standard InChI is InChI=1S/C20H28ClN3O4.HI/c1-3-22-20(24-7-5-15(6-8-24)19(25)26-4-2)23-13-14-11-16(21)18-17(12-14)27-9-10-28-18;/h11-12,15H,3-10,13H2,1-2H3,(H,22,23);1H. The second-order valence-corrected chi connectivity index (χ2v) is 7.19. The second kappa shape index (κ2) is 11.7. The third kappa shape index (κ3) is 6.28. The molecule has 0 atom stereocenters. The SMILES string of the molecule is CCNC(=NCc1cc(Cl)c2c(c1)OCCO2)N1CCC(C(=O)OCC)CC1.I. The van der Waals surface area contributed by atoms with Gasteiger partial charge < -0.3 is 24.4 Å². The molecule has 162 valence electrons. The van der Waals surface area contributed by atoms with Gasteiger partial charge in [0, 0.05) is 19.6 Å². The van der Waals surface area contributed by atoms with Gasteiger partial charge in [-0.05, 0) is 44.4 Å². The third-order valence-corrected chi connectivity index (χ3v) is 5.10. The average molecular weight is 538 g/mol. The lowest BCUT2D eigenvalue weighted by Crippen LogP contribution is -2.46. The summed E-state index contributed by atoms with van der Waals surface area (Å²) >= 11 is 6.32. The topological polar surface area (TPSA) is 72.4 Å². The Morgan fingerprint density at radius 3 is 2.69 bits per heavy atom. The summed E-state index contributed by atoms with van der Waals surface area (Å²) in [6.45, 7) is 8.16. The maximum Gasteiger partial charge on any atom is 0.309 e. The first-order valence-electron chi connectivity index (χ1n) is 9.90. The molecule has 29 heavy (non-hydrogen) atoms.